The van der Waals surface area contributed by atoms with Gasteiger partial charge in [0.2, 0.25) is 0 Å². The molecule has 0 aliphatic rings. The highest BCUT2D eigenvalue weighted by molar-refractivity contribution is 5.66. The van der Waals surface area contributed by atoms with Gasteiger partial charge < -0.3 is 15.2 Å². The molecule has 0 bridgehead atoms. The number of carboxylic acids is 1. The molecule has 0 heterocycles. The van der Waals surface area contributed by atoms with Gasteiger partial charge in [-0.05, 0) is 36.9 Å². The quantitative estimate of drug-likeness (QED) is 0.554. The lowest BCUT2D eigenvalue weighted by Gasteiger charge is -2.20. The molecule has 0 spiro atoms. The summed E-state index contributed by atoms with van der Waals surface area (Å²) in [5.41, 5.74) is 2.30. The third kappa shape index (κ3) is 6.98. The Morgan fingerprint density at radius 1 is 1.04 bits per heavy atom. The van der Waals surface area contributed by atoms with Crippen molar-refractivity contribution in [2.75, 3.05) is 13.2 Å². The van der Waals surface area contributed by atoms with Crippen LogP contribution >= 0.6 is 0 Å². The number of hydrogen-bond acceptors (Lipinski definition) is 3. The van der Waals surface area contributed by atoms with Gasteiger partial charge in [0.15, 0.2) is 0 Å². The minimum absolute atomic E-state index is 0.0635. The van der Waals surface area contributed by atoms with E-state index in [1.807, 2.05) is 36.4 Å². The minimum Gasteiger partial charge on any atom is -0.481 e. The Labute approximate surface area is 156 Å². The number of rotatable bonds is 12. The van der Waals surface area contributed by atoms with Gasteiger partial charge >= 0.3 is 5.97 Å². The average molecular weight is 355 g/mol. The number of hydrogen-bond donors (Lipinski definition) is 2. The lowest BCUT2D eigenvalue weighted by Crippen LogP contribution is -2.30. The highest BCUT2D eigenvalue weighted by Gasteiger charge is 2.14. The summed E-state index contributed by atoms with van der Waals surface area (Å²) >= 11 is 0. The van der Waals surface area contributed by atoms with Gasteiger partial charge in [0.1, 0.15) is 6.10 Å². The van der Waals surface area contributed by atoms with Gasteiger partial charge in [-0.15, -0.1) is 0 Å². The van der Waals surface area contributed by atoms with Crippen LogP contribution in [0, 0.1) is 0 Å². The van der Waals surface area contributed by atoms with Crippen molar-refractivity contribution >= 4 is 5.97 Å². The fraction of sp³-hybridized carbons (Fsp3) is 0.409. The summed E-state index contributed by atoms with van der Waals surface area (Å²) in [6.07, 6.45) is 2.64. The Hall–Kier alpha value is -2.17. The van der Waals surface area contributed by atoms with E-state index in [1.54, 1.807) is 0 Å². The van der Waals surface area contributed by atoms with Crippen LogP contribution in [0.5, 0.6) is 0 Å². The molecule has 2 rings (SSSR count). The Morgan fingerprint density at radius 3 is 2.12 bits per heavy atom. The van der Waals surface area contributed by atoms with Crippen LogP contribution in [0.25, 0.3) is 0 Å². The molecule has 1 unspecified atom stereocenters. The molecule has 2 aromatic rings. The van der Waals surface area contributed by atoms with Crippen molar-refractivity contribution in [3.05, 3.63) is 71.8 Å². The minimum atomic E-state index is -0.734. The molecule has 2 aromatic carbocycles. The highest BCUT2D eigenvalue weighted by Crippen LogP contribution is 2.25. The summed E-state index contributed by atoms with van der Waals surface area (Å²) in [6, 6.07) is 20.8. The van der Waals surface area contributed by atoms with Crippen molar-refractivity contribution in [1.82, 2.24) is 5.32 Å². The summed E-state index contributed by atoms with van der Waals surface area (Å²) in [7, 11) is 0. The Bertz CT molecular complexity index is 591. The second-order valence-electron chi connectivity index (χ2n) is 6.42. The molecule has 0 amide bonds. The molecule has 0 radical (unpaired) electrons. The summed E-state index contributed by atoms with van der Waals surface area (Å²) in [5, 5.41) is 12.2. The van der Waals surface area contributed by atoms with Gasteiger partial charge in [-0.2, -0.15) is 0 Å². The second-order valence-corrected chi connectivity index (χ2v) is 6.42. The second kappa shape index (κ2) is 11.4. The van der Waals surface area contributed by atoms with E-state index in [-0.39, 0.29) is 18.6 Å². The number of carbonyl (C=O) groups is 1. The van der Waals surface area contributed by atoms with Crippen LogP contribution in [0.2, 0.25) is 0 Å². The van der Waals surface area contributed by atoms with Gasteiger partial charge in [0, 0.05) is 19.1 Å². The van der Waals surface area contributed by atoms with Crippen molar-refractivity contribution in [3.8, 4) is 0 Å². The summed E-state index contributed by atoms with van der Waals surface area (Å²) in [4.78, 5) is 10.7. The van der Waals surface area contributed by atoms with E-state index in [1.165, 1.54) is 0 Å². The SMILES string of the molecule is CCC(CCC(=O)O)NCCCOC(c1ccccc1)c1ccccc1. The molecule has 140 valence electrons. The lowest BCUT2D eigenvalue weighted by atomic mass is 10.0. The molecule has 0 fully saturated rings. The van der Waals surface area contributed by atoms with Crippen molar-refractivity contribution in [1.29, 1.82) is 0 Å². The molecule has 0 aromatic heterocycles. The first-order chi connectivity index (χ1) is 12.7. The largest absolute Gasteiger partial charge is 0.481 e. The molecule has 4 heteroatoms. The summed E-state index contributed by atoms with van der Waals surface area (Å²) in [6.45, 7) is 3.56. The van der Waals surface area contributed by atoms with Gasteiger partial charge in [-0.25, -0.2) is 0 Å². The van der Waals surface area contributed by atoms with Crippen LogP contribution in [0.15, 0.2) is 60.7 Å². The third-order valence-electron chi connectivity index (χ3n) is 4.44. The summed E-state index contributed by atoms with van der Waals surface area (Å²) in [5.74, 6) is -0.734. The number of carboxylic acid groups (broad SMARTS) is 1. The Kier molecular flexibility index (Phi) is 8.87. The predicted molar refractivity (Wildman–Crippen MR) is 104 cm³/mol. The van der Waals surface area contributed by atoms with E-state index in [0.29, 0.717) is 13.0 Å². The van der Waals surface area contributed by atoms with E-state index in [9.17, 15) is 4.79 Å². The first-order valence-corrected chi connectivity index (χ1v) is 9.37. The smallest absolute Gasteiger partial charge is 0.303 e. The maximum atomic E-state index is 10.7. The fourth-order valence-corrected chi connectivity index (χ4v) is 2.97. The van der Waals surface area contributed by atoms with E-state index >= 15 is 0 Å². The molecule has 4 nitrogen and oxygen atoms in total. The van der Waals surface area contributed by atoms with Crippen LogP contribution in [0.1, 0.15) is 49.8 Å². The fourth-order valence-electron chi connectivity index (χ4n) is 2.97. The molecular weight excluding hydrogens is 326 g/mol. The Balaban J connectivity index is 1.82. The maximum Gasteiger partial charge on any atom is 0.303 e. The van der Waals surface area contributed by atoms with Crippen LogP contribution in [0.4, 0.5) is 0 Å². The van der Waals surface area contributed by atoms with E-state index < -0.39 is 5.97 Å². The normalized spacial score (nSPS) is 12.2. The van der Waals surface area contributed by atoms with Crippen LogP contribution in [0.3, 0.4) is 0 Å². The zero-order chi connectivity index (χ0) is 18.6. The van der Waals surface area contributed by atoms with E-state index in [0.717, 1.165) is 30.5 Å². The topological polar surface area (TPSA) is 58.6 Å². The van der Waals surface area contributed by atoms with Crippen LogP contribution < -0.4 is 5.32 Å². The molecule has 0 saturated carbocycles. The van der Waals surface area contributed by atoms with Crippen LogP contribution in [-0.4, -0.2) is 30.3 Å². The number of benzene rings is 2. The van der Waals surface area contributed by atoms with Crippen molar-refractivity contribution < 1.29 is 14.6 Å². The molecule has 0 aliphatic carbocycles. The zero-order valence-corrected chi connectivity index (χ0v) is 15.4. The molecule has 0 saturated heterocycles. The van der Waals surface area contributed by atoms with Crippen LogP contribution in [-0.2, 0) is 9.53 Å². The van der Waals surface area contributed by atoms with Crippen molar-refractivity contribution in [3.63, 3.8) is 0 Å². The summed E-state index contributed by atoms with van der Waals surface area (Å²) < 4.78 is 6.19. The standard InChI is InChI=1S/C22H29NO3/c1-2-20(14-15-21(24)25)23-16-9-17-26-22(18-10-5-3-6-11-18)19-12-7-4-8-13-19/h3-8,10-13,20,22-23H,2,9,14-17H2,1H3,(H,24,25). The average Bonchev–Trinajstić information content (AvgIpc) is 2.68. The highest BCUT2D eigenvalue weighted by atomic mass is 16.5. The van der Waals surface area contributed by atoms with Gasteiger partial charge in [0.25, 0.3) is 0 Å². The Morgan fingerprint density at radius 2 is 1.62 bits per heavy atom. The van der Waals surface area contributed by atoms with Gasteiger partial charge in [-0.3, -0.25) is 4.79 Å². The van der Waals surface area contributed by atoms with Gasteiger partial charge in [-0.1, -0.05) is 67.6 Å². The lowest BCUT2D eigenvalue weighted by molar-refractivity contribution is -0.137. The van der Waals surface area contributed by atoms with E-state index in [2.05, 4.69) is 36.5 Å². The molecule has 0 aliphatic heterocycles. The van der Waals surface area contributed by atoms with E-state index in [4.69, 9.17) is 9.84 Å². The first-order valence-electron chi connectivity index (χ1n) is 9.37. The van der Waals surface area contributed by atoms with Gasteiger partial charge in [0.05, 0.1) is 0 Å². The molecule has 26 heavy (non-hydrogen) atoms. The zero-order valence-electron chi connectivity index (χ0n) is 15.4. The first kappa shape index (κ1) is 20.1. The predicted octanol–water partition coefficient (Wildman–Crippen LogP) is 4.42. The number of nitrogens with one attached hydrogen (secondary N) is 1. The molecular formula is C22H29NO3. The number of ether oxygens (including phenoxy) is 1. The molecule has 1 atom stereocenters. The maximum absolute atomic E-state index is 10.7. The van der Waals surface area contributed by atoms with Crippen molar-refractivity contribution in [2.24, 2.45) is 0 Å². The third-order valence-corrected chi connectivity index (χ3v) is 4.44. The molecule has 2 N–H and O–H groups in total. The van der Waals surface area contributed by atoms with Crippen molar-refractivity contribution in [2.45, 2.75) is 44.8 Å². The number of aliphatic carboxylic acids is 1. The monoisotopic (exact) mass is 355 g/mol.